The third-order valence-electron chi connectivity index (χ3n) is 5.17. The molecule has 0 aliphatic carbocycles. The minimum Gasteiger partial charge on any atom is -0.486 e. The van der Waals surface area contributed by atoms with Gasteiger partial charge in [-0.1, -0.05) is 19.8 Å². The molecule has 2 heterocycles. The van der Waals surface area contributed by atoms with E-state index in [9.17, 15) is 9.59 Å². The van der Waals surface area contributed by atoms with E-state index < -0.39 is 0 Å². The Morgan fingerprint density at radius 3 is 2.64 bits per heavy atom. The maximum atomic E-state index is 12.5. The summed E-state index contributed by atoms with van der Waals surface area (Å²) in [4.78, 5) is 27.6. The fourth-order valence-electron chi connectivity index (χ4n) is 3.47. The van der Waals surface area contributed by atoms with Crippen molar-refractivity contribution in [1.82, 2.24) is 10.2 Å². The van der Waals surface area contributed by atoms with Crippen molar-refractivity contribution in [2.24, 2.45) is 5.92 Å². The first-order valence-corrected chi connectivity index (χ1v) is 11.2. The van der Waals surface area contributed by atoms with Crippen molar-refractivity contribution in [3.63, 3.8) is 0 Å². The molecule has 28 heavy (non-hydrogen) atoms. The average Bonchev–Trinajstić information content (AvgIpc) is 2.75. The van der Waals surface area contributed by atoms with Gasteiger partial charge in [-0.15, -0.1) is 11.8 Å². The molecule has 0 spiro atoms. The van der Waals surface area contributed by atoms with Gasteiger partial charge in [0.2, 0.25) is 11.8 Å². The second kappa shape index (κ2) is 10.6. The molecule has 0 atom stereocenters. The Bertz CT molecular complexity index is 674. The third kappa shape index (κ3) is 5.80. The van der Waals surface area contributed by atoms with Gasteiger partial charge < -0.3 is 19.7 Å². The normalized spacial score (nSPS) is 16.7. The number of unbranched alkanes of at least 4 members (excludes halogenated alkanes) is 2. The van der Waals surface area contributed by atoms with Gasteiger partial charge in [-0.2, -0.15) is 0 Å². The van der Waals surface area contributed by atoms with Crippen LogP contribution in [0.1, 0.15) is 39.0 Å². The summed E-state index contributed by atoms with van der Waals surface area (Å²) in [6.45, 7) is 5.37. The van der Waals surface area contributed by atoms with Gasteiger partial charge in [-0.3, -0.25) is 9.59 Å². The number of piperidine rings is 1. The van der Waals surface area contributed by atoms with Crippen LogP contribution >= 0.6 is 11.8 Å². The number of nitrogens with zero attached hydrogens (tertiary/aromatic N) is 1. The first kappa shape index (κ1) is 20.8. The quantitative estimate of drug-likeness (QED) is 0.531. The van der Waals surface area contributed by atoms with Crippen LogP contribution in [0.25, 0.3) is 0 Å². The van der Waals surface area contributed by atoms with Gasteiger partial charge in [-0.25, -0.2) is 0 Å². The third-order valence-corrected chi connectivity index (χ3v) is 6.15. The number of ether oxygens (including phenoxy) is 2. The Hall–Kier alpha value is -1.89. The van der Waals surface area contributed by atoms with Crippen LogP contribution in [0.15, 0.2) is 23.1 Å². The minimum atomic E-state index is 0.0381. The van der Waals surface area contributed by atoms with E-state index in [1.807, 2.05) is 23.1 Å². The summed E-state index contributed by atoms with van der Waals surface area (Å²) < 4.78 is 11.1. The van der Waals surface area contributed by atoms with Crippen molar-refractivity contribution in [2.45, 2.75) is 43.9 Å². The van der Waals surface area contributed by atoms with Crippen molar-refractivity contribution in [1.29, 1.82) is 0 Å². The number of fused-ring (bicyclic) bond motifs is 1. The van der Waals surface area contributed by atoms with E-state index in [4.69, 9.17) is 9.47 Å². The first-order valence-electron chi connectivity index (χ1n) is 10.3. The summed E-state index contributed by atoms with van der Waals surface area (Å²) in [6.07, 6.45) is 4.84. The standard InChI is InChI=1S/C21H30N2O4S/c1-2-3-4-9-22-21(25)16-7-10-23(11-8-16)20(24)15-28-17-5-6-18-19(14-17)27-13-12-26-18/h5-6,14,16H,2-4,7-13,15H2,1H3,(H,22,25). The lowest BCUT2D eigenvalue weighted by Crippen LogP contribution is -2.43. The lowest BCUT2D eigenvalue weighted by atomic mass is 9.96. The van der Waals surface area contributed by atoms with Crippen LogP contribution in [0, 0.1) is 5.92 Å². The fourth-order valence-corrected chi connectivity index (χ4v) is 4.30. The molecule has 3 rings (SSSR count). The molecule has 0 aromatic heterocycles. The predicted octanol–water partition coefficient (Wildman–Crippen LogP) is 3.09. The van der Waals surface area contributed by atoms with Gasteiger partial charge in [0.15, 0.2) is 11.5 Å². The molecule has 1 aromatic rings. The largest absolute Gasteiger partial charge is 0.486 e. The van der Waals surface area contributed by atoms with E-state index in [0.29, 0.717) is 32.1 Å². The van der Waals surface area contributed by atoms with Gasteiger partial charge in [0.05, 0.1) is 5.75 Å². The molecule has 0 saturated carbocycles. The number of nitrogens with one attached hydrogen (secondary N) is 1. The number of carbonyl (C=O) groups is 2. The molecule has 1 N–H and O–H groups in total. The number of rotatable bonds is 8. The predicted molar refractivity (Wildman–Crippen MR) is 110 cm³/mol. The molecule has 2 amide bonds. The summed E-state index contributed by atoms with van der Waals surface area (Å²) in [5.41, 5.74) is 0. The molecular formula is C21H30N2O4S. The van der Waals surface area contributed by atoms with Gasteiger partial charge >= 0.3 is 0 Å². The van der Waals surface area contributed by atoms with Crippen molar-refractivity contribution < 1.29 is 19.1 Å². The molecule has 7 heteroatoms. The maximum absolute atomic E-state index is 12.5. The number of thioether (sulfide) groups is 1. The van der Waals surface area contributed by atoms with Crippen molar-refractivity contribution in [3.8, 4) is 11.5 Å². The van der Waals surface area contributed by atoms with E-state index >= 15 is 0 Å². The average molecular weight is 407 g/mol. The van der Waals surface area contributed by atoms with Crippen molar-refractivity contribution >= 4 is 23.6 Å². The number of likely N-dealkylation sites (tertiary alicyclic amines) is 1. The SMILES string of the molecule is CCCCCNC(=O)C1CCN(C(=O)CSc2ccc3c(c2)OCCO3)CC1. The smallest absolute Gasteiger partial charge is 0.232 e. The molecule has 0 radical (unpaired) electrons. The van der Waals surface area contributed by atoms with Gasteiger partial charge in [0.1, 0.15) is 13.2 Å². The highest BCUT2D eigenvalue weighted by Crippen LogP contribution is 2.34. The molecule has 1 saturated heterocycles. The summed E-state index contributed by atoms with van der Waals surface area (Å²) in [5, 5.41) is 3.03. The van der Waals surface area contributed by atoms with E-state index in [1.54, 1.807) is 0 Å². The topological polar surface area (TPSA) is 67.9 Å². The Labute approximate surface area is 171 Å². The summed E-state index contributed by atoms with van der Waals surface area (Å²) >= 11 is 1.51. The number of benzene rings is 1. The van der Waals surface area contributed by atoms with Crippen LogP contribution in [0.5, 0.6) is 11.5 Å². The monoisotopic (exact) mass is 406 g/mol. The Kier molecular flexibility index (Phi) is 7.89. The summed E-state index contributed by atoms with van der Waals surface area (Å²) in [6, 6.07) is 5.79. The van der Waals surface area contributed by atoms with Crippen molar-refractivity contribution in [2.75, 3.05) is 38.6 Å². The molecule has 154 valence electrons. The van der Waals surface area contributed by atoms with Crippen LogP contribution in [0.4, 0.5) is 0 Å². The Balaban J connectivity index is 1.38. The number of amides is 2. The van der Waals surface area contributed by atoms with Gasteiger partial charge in [-0.05, 0) is 37.5 Å². The summed E-state index contributed by atoms with van der Waals surface area (Å²) in [7, 11) is 0. The van der Waals surface area contributed by atoms with E-state index in [2.05, 4.69) is 12.2 Å². The molecule has 1 aromatic carbocycles. The fraction of sp³-hybridized carbons (Fsp3) is 0.619. The lowest BCUT2D eigenvalue weighted by Gasteiger charge is -2.31. The Morgan fingerprint density at radius 2 is 1.89 bits per heavy atom. The molecule has 2 aliphatic heterocycles. The van der Waals surface area contributed by atoms with E-state index in [0.717, 1.165) is 55.0 Å². The molecule has 6 nitrogen and oxygen atoms in total. The zero-order valence-electron chi connectivity index (χ0n) is 16.6. The zero-order valence-corrected chi connectivity index (χ0v) is 17.4. The van der Waals surface area contributed by atoms with Crippen LogP contribution in [0.3, 0.4) is 0 Å². The van der Waals surface area contributed by atoms with Crippen LogP contribution in [-0.4, -0.2) is 55.3 Å². The summed E-state index contributed by atoms with van der Waals surface area (Å²) in [5.74, 6) is 2.21. The second-order valence-electron chi connectivity index (χ2n) is 7.25. The number of carbonyl (C=O) groups excluding carboxylic acids is 2. The van der Waals surface area contributed by atoms with Crippen molar-refractivity contribution in [3.05, 3.63) is 18.2 Å². The first-order chi connectivity index (χ1) is 13.7. The minimum absolute atomic E-state index is 0.0381. The number of hydrogen-bond donors (Lipinski definition) is 1. The number of hydrogen-bond acceptors (Lipinski definition) is 5. The highest BCUT2D eigenvalue weighted by molar-refractivity contribution is 8.00. The molecule has 2 aliphatic rings. The zero-order chi connectivity index (χ0) is 19.8. The molecule has 0 unspecified atom stereocenters. The molecular weight excluding hydrogens is 376 g/mol. The van der Waals surface area contributed by atoms with Crippen LogP contribution in [0.2, 0.25) is 0 Å². The Morgan fingerprint density at radius 1 is 1.14 bits per heavy atom. The van der Waals surface area contributed by atoms with Crippen LogP contribution in [-0.2, 0) is 9.59 Å². The van der Waals surface area contributed by atoms with E-state index in [1.165, 1.54) is 11.8 Å². The lowest BCUT2D eigenvalue weighted by molar-refractivity contribution is -0.133. The highest BCUT2D eigenvalue weighted by atomic mass is 32.2. The van der Waals surface area contributed by atoms with Crippen LogP contribution < -0.4 is 14.8 Å². The second-order valence-corrected chi connectivity index (χ2v) is 8.30. The van der Waals surface area contributed by atoms with E-state index in [-0.39, 0.29) is 17.7 Å². The maximum Gasteiger partial charge on any atom is 0.232 e. The van der Waals surface area contributed by atoms with Gasteiger partial charge in [0.25, 0.3) is 0 Å². The molecule has 1 fully saturated rings. The highest BCUT2D eigenvalue weighted by Gasteiger charge is 2.27. The van der Waals surface area contributed by atoms with Gasteiger partial charge in [0, 0.05) is 30.4 Å². The molecule has 0 bridgehead atoms.